The quantitative estimate of drug-likeness (QED) is 0.623. The van der Waals surface area contributed by atoms with E-state index in [9.17, 15) is 22.8 Å². The van der Waals surface area contributed by atoms with Crippen LogP contribution in [0.3, 0.4) is 0 Å². The van der Waals surface area contributed by atoms with Crippen LogP contribution >= 0.6 is 0 Å². The number of carbonyl (C=O) groups excluding carboxylic acids is 1. The number of pyridine rings is 1. The predicted molar refractivity (Wildman–Crippen MR) is 127 cm³/mol. The lowest BCUT2D eigenvalue weighted by atomic mass is 9.83. The van der Waals surface area contributed by atoms with Gasteiger partial charge in [0.05, 0.1) is 5.56 Å². The molecule has 1 aromatic heterocycles. The molecule has 0 saturated carbocycles. The Hall–Kier alpha value is -3.07. The van der Waals surface area contributed by atoms with Gasteiger partial charge in [-0.25, -0.2) is 0 Å². The molecule has 5 rings (SSSR count). The van der Waals surface area contributed by atoms with Crippen molar-refractivity contribution < 1.29 is 18.0 Å². The lowest BCUT2D eigenvalue weighted by Crippen LogP contribution is -2.48. The normalized spacial score (nSPS) is 22.9. The Bertz CT molecular complexity index is 1170. The van der Waals surface area contributed by atoms with E-state index < -0.39 is 11.7 Å². The number of piperazine rings is 1. The van der Waals surface area contributed by atoms with Crippen molar-refractivity contribution in [3.05, 3.63) is 76.2 Å². The Morgan fingerprint density at radius 1 is 1.00 bits per heavy atom. The van der Waals surface area contributed by atoms with Crippen molar-refractivity contribution in [2.75, 3.05) is 50.7 Å². The number of nitrogens with zero attached hydrogens (tertiary/aromatic N) is 4. The van der Waals surface area contributed by atoms with Gasteiger partial charge in [0.2, 0.25) is 5.91 Å². The van der Waals surface area contributed by atoms with Gasteiger partial charge in [-0.1, -0.05) is 18.2 Å². The number of hydrogen-bond acceptors (Lipinski definition) is 4. The summed E-state index contributed by atoms with van der Waals surface area (Å²) < 4.78 is 40.9. The number of likely N-dealkylation sites (tertiary alicyclic amines) is 1. The van der Waals surface area contributed by atoms with Crippen molar-refractivity contribution in [1.29, 1.82) is 0 Å². The van der Waals surface area contributed by atoms with Gasteiger partial charge in [-0.3, -0.25) is 14.5 Å². The molecule has 2 atom stereocenters. The Morgan fingerprint density at radius 2 is 1.77 bits per heavy atom. The van der Waals surface area contributed by atoms with Gasteiger partial charge >= 0.3 is 6.18 Å². The molecular weight excluding hydrogens is 457 g/mol. The molecule has 0 aliphatic carbocycles. The number of benzene rings is 1. The first kappa shape index (κ1) is 23.7. The summed E-state index contributed by atoms with van der Waals surface area (Å²) in [7, 11) is 0. The maximum absolute atomic E-state index is 13.0. The summed E-state index contributed by atoms with van der Waals surface area (Å²) in [5.41, 5.74) is 1.05. The molecule has 186 valence electrons. The average Bonchev–Trinajstić information content (AvgIpc) is 2.84. The maximum atomic E-state index is 13.0. The second-order valence-electron chi connectivity index (χ2n) is 9.68. The van der Waals surface area contributed by atoms with Crippen LogP contribution in [0.1, 0.15) is 23.6 Å². The molecule has 4 heterocycles. The number of piperidine rings is 1. The molecule has 0 N–H and O–H groups in total. The summed E-state index contributed by atoms with van der Waals surface area (Å²) in [4.78, 5) is 30.8. The fourth-order valence-corrected chi connectivity index (χ4v) is 5.62. The minimum atomic E-state index is -4.37. The van der Waals surface area contributed by atoms with E-state index in [1.807, 2.05) is 27.7 Å². The number of aromatic nitrogens is 1. The van der Waals surface area contributed by atoms with Crippen molar-refractivity contribution >= 4 is 11.6 Å². The van der Waals surface area contributed by atoms with Gasteiger partial charge in [-0.15, -0.1) is 0 Å². The molecule has 6 nitrogen and oxygen atoms in total. The molecule has 1 aromatic carbocycles. The van der Waals surface area contributed by atoms with Gasteiger partial charge in [0, 0.05) is 81.8 Å². The first-order valence-electron chi connectivity index (χ1n) is 12.1. The summed E-state index contributed by atoms with van der Waals surface area (Å²) in [6.07, 6.45) is 0.245. The van der Waals surface area contributed by atoms with Crippen LogP contribution in [0.5, 0.6) is 0 Å². The smallest absolute Gasteiger partial charge is 0.368 e. The highest BCUT2D eigenvalue weighted by Crippen LogP contribution is 2.35. The lowest BCUT2D eigenvalue weighted by Gasteiger charge is -2.42. The first-order chi connectivity index (χ1) is 16.8. The van der Waals surface area contributed by atoms with Gasteiger partial charge in [-0.05, 0) is 36.6 Å². The van der Waals surface area contributed by atoms with Crippen LogP contribution in [-0.2, 0) is 17.5 Å². The van der Waals surface area contributed by atoms with Gasteiger partial charge in [0.15, 0.2) is 0 Å². The molecule has 35 heavy (non-hydrogen) atoms. The highest BCUT2D eigenvalue weighted by Gasteiger charge is 2.34. The van der Waals surface area contributed by atoms with E-state index in [1.165, 1.54) is 12.1 Å². The molecule has 3 aliphatic rings. The summed E-state index contributed by atoms with van der Waals surface area (Å²) in [5, 5.41) is 0. The second-order valence-corrected chi connectivity index (χ2v) is 9.68. The summed E-state index contributed by atoms with van der Waals surface area (Å²) in [6.45, 7) is 5.14. The lowest BCUT2D eigenvalue weighted by molar-refractivity contribution is -0.137. The molecule has 1 amide bonds. The Kier molecular flexibility index (Phi) is 6.44. The molecular formula is C26H29F3N4O2. The molecule has 2 bridgehead atoms. The largest absolute Gasteiger partial charge is 0.416 e. The fraction of sp³-hybridized carbons (Fsp3) is 0.462. The van der Waals surface area contributed by atoms with Gasteiger partial charge in [0.1, 0.15) is 0 Å². The topological polar surface area (TPSA) is 48.8 Å². The van der Waals surface area contributed by atoms with E-state index in [-0.39, 0.29) is 11.5 Å². The standard InChI is InChI=1S/C26H29F3N4O2/c27-26(28,29)21-4-1-5-22(15-21)31-10-12-32(13-11-31)24(34)8-3-9-30-16-19-14-20(18-30)23-6-2-7-25(35)33(23)17-19/h1-8,15,19-20H,9-14,16-18H2. The third-order valence-corrected chi connectivity index (χ3v) is 7.31. The number of hydrogen-bond donors (Lipinski definition) is 0. The first-order valence-corrected chi connectivity index (χ1v) is 12.1. The van der Waals surface area contributed by atoms with E-state index in [4.69, 9.17) is 0 Å². The number of anilines is 1. The average molecular weight is 487 g/mol. The van der Waals surface area contributed by atoms with Gasteiger partial charge in [0.25, 0.3) is 5.56 Å². The molecule has 3 aliphatic heterocycles. The zero-order valence-electron chi connectivity index (χ0n) is 19.5. The van der Waals surface area contributed by atoms with E-state index in [1.54, 1.807) is 23.1 Å². The van der Waals surface area contributed by atoms with Crippen LogP contribution in [0, 0.1) is 5.92 Å². The van der Waals surface area contributed by atoms with Crippen LogP contribution in [0.15, 0.2) is 59.4 Å². The summed E-state index contributed by atoms with van der Waals surface area (Å²) >= 11 is 0. The Morgan fingerprint density at radius 3 is 2.54 bits per heavy atom. The van der Waals surface area contributed by atoms with E-state index in [0.717, 1.165) is 37.8 Å². The van der Waals surface area contributed by atoms with Crippen molar-refractivity contribution in [3.63, 3.8) is 0 Å². The fourth-order valence-electron chi connectivity index (χ4n) is 5.62. The summed E-state index contributed by atoms with van der Waals surface area (Å²) in [5.74, 6) is 0.710. The number of fused-ring (bicyclic) bond motifs is 4. The van der Waals surface area contributed by atoms with E-state index in [2.05, 4.69) is 4.90 Å². The van der Waals surface area contributed by atoms with E-state index in [0.29, 0.717) is 50.2 Å². The molecule has 2 fully saturated rings. The third kappa shape index (κ3) is 5.15. The van der Waals surface area contributed by atoms with Gasteiger partial charge < -0.3 is 14.4 Å². The highest BCUT2D eigenvalue weighted by molar-refractivity contribution is 5.87. The zero-order valence-corrected chi connectivity index (χ0v) is 19.5. The molecule has 0 spiro atoms. The van der Waals surface area contributed by atoms with Crippen LogP contribution in [-0.4, -0.2) is 66.1 Å². The Balaban J connectivity index is 1.13. The minimum Gasteiger partial charge on any atom is -0.368 e. The highest BCUT2D eigenvalue weighted by atomic mass is 19.4. The van der Waals surface area contributed by atoms with Crippen molar-refractivity contribution in [2.24, 2.45) is 5.92 Å². The van der Waals surface area contributed by atoms with Crippen molar-refractivity contribution in [2.45, 2.75) is 25.1 Å². The van der Waals surface area contributed by atoms with Gasteiger partial charge in [-0.2, -0.15) is 13.2 Å². The summed E-state index contributed by atoms with van der Waals surface area (Å²) in [6, 6.07) is 10.8. The SMILES string of the molecule is O=C(C=CCN1CC2CC(C1)c1cccc(=O)n1C2)N1CCN(c2cccc(C(F)(F)F)c2)CC1. The predicted octanol–water partition coefficient (Wildman–Crippen LogP) is 3.19. The number of alkyl halides is 3. The maximum Gasteiger partial charge on any atom is 0.416 e. The number of amides is 1. The minimum absolute atomic E-state index is 0.0669. The van der Waals surface area contributed by atoms with Crippen molar-refractivity contribution in [1.82, 2.24) is 14.4 Å². The Labute approximate surface area is 202 Å². The molecule has 2 aromatic rings. The molecule has 2 unspecified atom stereocenters. The van der Waals surface area contributed by atoms with E-state index >= 15 is 0 Å². The molecule has 2 saturated heterocycles. The number of carbonyl (C=O) groups is 1. The van der Waals surface area contributed by atoms with Crippen LogP contribution < -0.4 is 10.5 Å². The molecule has 9 heteroatoms. The third-order valence-electron chi connectivity index (χ3n) is 7.31. The van der Waals surface area contributed by atoms with Crippen molar-refractivity contribution in [3.8, 4) is 0 Å². The van der Waals surface area contributed by atoms with Crippen LogP contribution in [0.2, 0.25) is 0 Å². The molecule has 0 radical (unpaired) electrons. The monoisotopic (exact) mass is 486 g/mol. The number of rotatable bonds is 4. The number of halogens is 3. The van der Waals surface area contributed by atoms with Crippen LogP contribution in [0.25, 0.3) is 0 Å². The zero-order chi connectivity index (χ0) is 24.6. The van der Waals surface area contributed by atoms with Crippen LogP contribution in [0.4, 0.5) is 18.9 Å². The second kappa shape index (κ2) is 9.53.